The molecule has 0 heterocycles. The molecule has 0 saturated carbocycles. The average Bonchev–Trinajstić information content (AvgIpc) is 2.55. The summed E-state index contributed by atoms with van der Waals surface area (Å²) in [6.45, 7) is 14.5. The normalized spacial score (nSPS) is 17.0. The minimum absolute atomic E-state index is 0.532. The van der Waals surface area contributed by atoms with Crippen LogP contribution in [0.3, 0.4) is 0 Å². The Hall–Kier alpha value is -0.200. The minimum Gasteiger partial charge on any atom is -0.336 e. The van der Waals surface area contributed by atoms with Gasteiger partial charge in [0.15, 0.2) is 0 Å². The molecule has 0 fully saturated rings. The fourth-order valence-electron chi connectivity index (χ4n) is 2.24. The van der Waals surface area contributed by atoms with Crippen molar-refractivity contribution >= 4 is 0 Å². The molecular formula is C18H38NO4. The Balaban J connectivity index is 5.12. The van der Waals surface area contributed by atoms with E-state index in [-0.39, 0.29) is 0 Å². The summed E-state index contributed by atoms with van der Waals surface area (Å²) in [7, 11) is 0. The molecule has 0 bridgehead atoms. The van der Waals surface area contributed by atoms with Crippen molar-refractivity contribution in [2.24, 2.45) is 0 Å². The predicted octanol–water partition coefficient (Wildman–Crippen LogP) is 4.42. The molecule has 5 nitrogen and oxygen atoms in total. The third-order valence-corrected chi connectivity index (χ3v) is 3.62. The molecule has 0 aromatic carbocycles. The molecule has 2 unspecified atom stereocenters. The van der Waals surface area contributed by atoms with Crippen LogP contribution < -0.4 is 5.32 Å². The lowest BCUT2D eigenvalue weighted by molar-refractivity contribution is -0.347. The molecule has 0 aliphatic carbocycles. The Labute approximate surface area is 143 Å². The maximum absolute atomic E-state index is 6.02. The summed E-state index contributed by atoms with van der Waals surface area (Å²) < 4.78 is 23.8. The van der Waals surface area contributed by atoms with Crippen molar-refractivity contribution in [2.75, 3.05) is 26.4 Å². The number of hydrogen-bond donors (Lipinski definition) is 0. The van der Waals surface area contributed by atoms with E-state index >= 15 is 0 Å². The standard InChI is InChI=1S/C18H38NO4/c1-7-13-15-22-17(9-3,20-11-5)19-18(10-4,21-12-6)23-16-14-8-2/h7-16H2,1-6H3. The second-order valence-corrected chi connectivity index (χ2v) is 5.51. The zero-order chi connectivity index (χ0) is 17.6. The molecule has 23 heavy (non-hydrogen) atoms. The molecule has 0 amide bonds. The first kappa shape index (κ1) is 22.8. The van der Waals surface area contributed by atoms with E-state index in [1.54, 1.807) is 0 Å². The molecule has 0 N–H and O–H groups in total. The summed E-state index contributed by atoms with van der Waals surface area (Å²) >= 11 is 0. The van der Waals surface area contributed by atoms with Gasteiger partial charge in [-0.05, 0) is 26.7 Å². The van der Waals surface area contributed by atoms with Gasteiger partial charge in [-0.2, -0.15) is 0 Å². The summed E-state index contributed by atoms with van der Waals surface area (Å²) in [5, 5.41) is 4.81. The molecule has 0 aromatic rings. The van der Waals surface area contributed by atoms with Crippen molar-refractivity contribution in [1.29, 1.82) is 0 Å². The average molecular weight is 333 g/mol. The van der Waals surface area contributed by atoms with E-state index in [2.05, 4.69) is 13.8 Å². The zero-order valence-electron chi connectivity index (χ0n) is 16.2. The van der Waals surface area contributed by atoms with E-state index in [9.17, 15) is 0 Å². The van der Waals surface area contributed by atoms with Gasteiger partial charge in [-0.25, -0.2) is 0 Å². The van der Waals surface area contributed by atoms with Crippen LogP contribution in [0, 0.1) is 0 Å². The highest BCUT2D eigenvalue weighted by molar-refractivity contribution is 4.75. The largest absolute Gasteiger partial charge is 0.336 e. The van der Waals surface area contributed by atoms with Crippen molar-refractivity contribution in [3.63, 3.8) is 0 Å². The minimum atomic E-state index is -0.999. The lowest BCUT2D eigenvalue weighted by atomic mass is 10.2. The van der Waals surface area contributed by atoms with Gasteiger partial charge in [-0.1, -0.05) is 40.5 Å². The lowest BCUT2D eigenvalue weighted by Gasteiger charge is -2.41. The second-order valence-electron chi connectivity index (χ2n) is 5.51. The molecule has 2 atom stereocenters. The van der Waals surface area contributed by atoms with Crippen LogP contribution in [0.25, 0.3) is 0 Å². The summed E-state index contributed by atoms with van der Waals surface area (Å²) in [5.41, 5.74) is 0. The van der Waals surface area contributed by atoms with E-state index in [4.69, 9.17) is 24.3 Å². The van der Waals surface area contributed by atoms with E-state index < -0.39 is 11.8 Å². The Morgan fingerprint density at radius 1 is 0.609 bits per heavy atom. The fraction of sp³-hybridized carbons (Fsp3) is 1.00. The summed E-state index contributed by atoms with van der Waals surface area (Å²) in [5.74, 6) is -2.00. The van der Waals surface area contributed by atoms with Gasteiger partial charge in [0.05, 0.1) is 13.2 Å². The van der Waals surface area contributed by atoms with Gasteiger partial charge >= 0.3 is 0 Å². The Morgan fingerprint density at radius 3 is 1.26 bits per heavy atom. The molecule has 0 spiro atoms. The van der Waals surface area contributed by atoms with Gasteiger partial charge in [0, 0.05) is 26.1 Å². The highest BCUT2D eigenvalue weighted by Crippen LogP contribution is 2.27. The van der Waals surface area contributed by atoms with E-state index in [1.807, 2.05) is 27.7 Å². The Kier molecular flexibility index (Phi) is 13.0. The molecular weight excluding hydrogens is 294 g/mol. The fourth-order valence-corrected chi connectivity index (χ4v) is 2.24. The zero-order valence-corrected chi connectivity index (χ0v) is 16.2. The number of rotatable bonds is 16. The SMILES string of the molecule is CCCCOC(CC)([N]C(CC)(OCC)OCCCC)OCC. The lowest BCUT2D eigenvalue weighted by Crippen LogP contribution is -2.58. The maximum Gasteiger partial charge on any atom is 0.247 e. The highest BCUT2D eigenvalue weighted by atomic mass is 16.8. The van der Waals surface area contributed by atoms with Crippen LogP contribution >= 0.6 is 0 Å². The summed E-state index contributed by atoms with van der Waals surface area (Å²) in [4.78, 5) is 0. The number of unbranched alkanes of at least 4 members (excludes halogenated alkanes) is 2. The van der Waals surface area contributed by atoms with E-state index in [1.165, 1.54) is 0 Å². The van der Waals surface area contributed by atoms with Crippen molar-refractivity contribution in [2.45, 2.75) is 91.9 Å². The van der Waals surface area contributed by atoms with Crippen LogP contribution in [-0.4, -0.2) is 38.2 Å². The third-order valence-electron chi connectivity index (χ3n) is 3.62. The van der Waals surface area contributed by atoms with E-state index in [0.717, 1.165) is 25.7 Å². The van der Waals surface area contributed by atoms with Crippen molar-refractivity contribution in [3.8, 4) is 0 Å². The smallest absolute Gasteiger partial charge is 0.247 e. The molecule has 1 radical (unpaired) electrons. The van der Waals surface area contributed by atoms with Gasteiger partial charge in [0.1, 0.15) is 0 Å². The summed E-state index contributed by atoms with van der Waals surface area (Å²) in [6, 6.07) is 0. The van der Waals surface area contributed by atoms with E-state index in [0.29, 0.717) is 39.3 Å². The molecule has 0 rings (SSSR count). The van der Waals surface area contributed by atoms with Crippen LogP contribution in [-0.2, 0) is 18.9 Å². The van der Waals surface area contributed by atoms with Crippen LogP contribution in [0.5, 0.6) is 0 Å². The second kappa shape index (κ2) is 13.1. The molecule has 0 aliphatic rings. The molecule has 5 heteroatoms. The van der Waals surface area contributed by atoms with Gasteiger partial charge in [0.25, 0.3) is 0 Å². The van der Waals surface area contributed by atoms with Crippen molar-refractivity contribution in [1.82, 2.24) is 5.32 Å². The van der Waals surface area contributed by atoms with Gasteiger partial charge < -0.3 is 18.9 Å². The predicted molar refractivity (Wildman–Crippen MR) is 93.2 cm³/mol. The van der Waals surface area contributed by atoms with Gasteiger partial charge in [0.2, 0.25) is 11.8 Å². The van der Waals surface area contributed by atoms with Gasteiger partial charge in [-0.15, -0.1) is 5.32 Å². The summed E-state index contributed by atoms with van der Waals surface area (Å²) in [6.07, 6.45) is 5.35. The number of hydrogen-bond acceptors (Lipinski definition) is 4. The van der Waals surface area contributed by atoms with Crippen molar-refractivity contribution < 1.29 is 18.9 Å². The number of nitrogens with zero attached hydrogens (tertiary/aromatic N) is 1. The van der Waals surface area contributed by atoms with Crippen LogP contribution in [0.2, 0.25) is 0 Å². The topological polar surface area (TPSA) is 51.0 Å². The monoisotopic (exact) mass is 332 g/mol. The molecule has 0 saturated heterocycles. The Morgan fingerprint density at radius 2 is 1.00 bits per heavy atom. The Bertz CT molecular complexity index is 252. The van der Waals surface area contributed by atoms with Crippen LogP contribution in [0.4, 0.5) is 0 Å². The van der Waals surface area contributed by atoms with Gasteiger partial charge in [-0.3, -0.25) is 0 Å². The quantitative estimate of drug-likeness (QED) is 0.310. The van der Waals surface area contributed by atoms with Crippen LogP contribution in [0.1, 0.15) is 80.1 Å². The molecule has 0 aromatic heterocycles. The first-order chi connectivity index (χ1) is 11.1. The third kappa shape index (κ3) is 8.45. The molecule has 0 aliphatic heterocycles. The van der Waals surface area contributed by atoms with Crippen molar-refractivity contribution in [3.05, 3.63) is 0 Å². The molecule has 139 valence electrons. The number of ether oxygens (including phenoxy) is 4. The maximum atomic E-state index is 6.02. The highest BCUT2D eigenvalue weighted by Gasteiger charge is 2.43. The first-order valence-electron chi connectivity index (χ1n) is 9.37. The van der Waals surface area contributed by atoms with Crippen LogP contribution in [0.15, 0.2) is 0 Å². The first-order valence-corrected chi connectivity index (χ1v) is 9.37.